The van der Waals surface area contributed by atoms with Gasteiger partial charge in [-0.3, -0.25) is 19.6 Å². The Balaban J connectivity index is 2.52. The summed E-state index contributed by atoms with van der Waals surface area (Å²) in [7, 11) is 0. The highest BCUT2D eigenvalue weighted by Crippen LogP contribution is 2.07. The number of amides is 1. The number of aliphatic hydroxyl groups excluding tert-OH is 1. The third-order valence-electron chi connectivity index (χ3n) is 2.21. The minimum atomic E-state index is -0.579. The lowest BCUT2D eigenvalue weighted by atomic mass is 10.2. The van der Waals surface area contributed by atoms with Crippen LogP contribution in [-0.4, -0.2) is 38.4 Å². The van der Waals surface area contributed by atoms with E-state index in [1.165, 1.54) is 10.9 Å². The summed E-state index contributed by atoms with van der Waals surface area (Å²) in [5.74, 6) is -0.344. The van der Waals surface area contributed by atoms with Crippen molar-refractivity contribution in [3.8, 4) is 0 Å². The van der Waals surface area contributed by atoms with E-state index in [1.807, 2.05) is 6.92 Å². The highest BCUT2D eigenvalue weighted by atomic mass is 16.6. The number of aromatic nitrogens is 2. The number of carbonyl (C=O) groups is 1. The lowest BCUT2D eigenvalue weighted by Gasteiger charge is -2.13. The zero-order valence-electron chi connectivity index (χ0n) is 9.37. The van der Waals surface area contributed by atoms with Crippen LogP contribution in [0.1, 0.15) is 13.3 Å². The maximum atomic E-state index is 11.5. The van der Waals surface area contributed by atoms with Crippen molar-refractivity contribution in [3.05, 3.63) is 22.5 Å². The Kier molecular flexibility index (Phi) is 4.58. The van der Waals surface area contributed by atoms with Crippen LogP contribution in [0, 0.1) is 10.1 Å². The molecule has 0 spiro atoms. The zero-order valence-corrected chi connectivity index (χ0v) is 9.37. The van der Waals surface area contributed by atoms with Gasteiger partial charge >= 0.3 is 5.69 Å². The van der Waals surface area contributed by atoms with Gasteiger partial charge in [-0.15, -0.1) is 0 Å². The molecule has 1 heterocycles. The first-order valence-corrected chi connectivity index (χ1v) is 5.13. The normalized spacial score (nSPS) is 12.1. The van der Waals surface area contributed by atoms with Gasteiger partial charge in [-0.05, 0) is 6.42 Å². The summed E-state index contributed by atoms with van der Waals surface area (Å²) in [5, 5.41) is 25.6. The molecule has 2 N–H and O–H groups in total. The third kappa shape index (κ3) is 3.83. The van der Waals surface area contributed by atoms with Gasteiger partial charge in [0, 0.05) is 0 Å². The minimum Gasteiger partial charge on any atom is -0.394 e. The van der Waals surface area contributed by atoms with Gasteiger partial charge in [-0.1, -0.05) is 6.92 Å². The van der Waals surface area contributed by atoms with E-state index < -0.39 is 4.92 Å². The fourth-order valence-electron chi connectivity index (χ4n) is 1.23. The van der Waals surface area contributed by atoms with Crippen LogP contribution >= 0.6 is 0 Å². The van der Waals surface area contributed by atoms with E-state index in [9.17, 15) is 14.9 Å². The second kappa shape index (κ2) is 5.94. The third-order valence-corrected chi connectivity index (χ3v) is 2.21. The first kappa shape index (κ1) is 13.1. The number of nitrogens with zero attached hydrogens (tertiary/aromatic N) is 3. The summed E-state index contributed by atoms with van der Waals surface area (Å²) in [6.07, 6.45) is 2.87. The van der Waals surface area contributed by atoms with E-state index in [0.717, 1.165) is 6.20 Å². The van der Waals surface area contributed by atoms with Gasteiger partial charge < -0.3 is 10.4 Å². The molecule has 1 amide bonds. The van der Waals surface area contributed by atoms with Crippen LogP contribution in [0.2, 0.25) is 0 Å². The predicted octanol–water partition coefficient (Wildman–Crippen LogP) is -0.322. The second-order valence-electron chi connectivity index (χ2n) is 3.51. The molecular formula is C9H14N4O4. The Hall–Kier alpha value is -1.96. The molecule has 0 saturated carbocycles. The van der Waals surface area contributed by atoms with Crippen LogP contribution in [0.4, 0.5) is 5.69 Å². The summed E-state index contributed by atoms with van der Waals surface area (Å²) in [6, 6.07) is -0.298. The van der Waals surface area contributed by atoms with E-state index in [4.69, 9.17) is 5.11 Å². The van der Waals surface area contributed by atoms with Crippen molar-refractivity contribution in [2.75, 3.05) is 6.61 Å². The van der Waals surface area contributed by atoms with Gasteiger partial charge in [-0.2, -0.15) is 5.10 Å². The van der Waals surface area contributed by atoms with Crippen LogP contribution < -0.4 is 5.32 Å². The lowest BCUT2D eigenvalue weighted by Crippen LogP contribution is -2.38. The highest BCUT2D eigenvalue weighted by Gasteiger charge is 2.13. The smallest absolute Gasteiger partial charge is 0.307 e. The van der Waals surface area contributed by atoms with Crippen LogP contribution in [0.5, 0.6) is 0 Å². The van der Waals surface area contributed by atoms with E-state index >= 15 is 0 Å². The fourth-order valence-corrected chi connectivity index (χ4v) is 1.23. The standard InChI is InChI=1S/C9H14N4O4/c1-2-7(6-14)11-9(15)5-12-4-8(3-10-12)13(16)17/h3-4,7,14H,2,5-6H2,1H3,(H,11,15)/t7-/m1/s1. The first-order valence-electron chi connectivity index (χ1n) is 5.13. The molecule has 8 heteroatoms. The van der Waals surface area contributed by atoms with E-state index in [1.54, 1.807) is 0 Å². The van der Waals surface area contributed by atoms with Crippen molar-refractivity contribution in [3.63, 3.8) is 0 Å². The van der Waals surface area contributed by atoms with Crippen LogP contribution in [0.3, 0.4) is 0 Å². The Morgan fingerprint density at radius 1 is 1.76 bits per heavy atom. The number of rotatable bonds is 6. The number of hydrogen-bond acceptors (Lipinski definition) is 5. The van der Waals surface area contributed by atoms with E-state index in [0.29, 0.717) is 6.42 Å². The molecule has 0 bridgehead atoms. The molecule has 0 aliphatic carbocycles. The van der Waals surface area contributed by atoms with Crippen LogP contribution in [-0.2, 0) is 11.3 Å². The largest absolute Gasteiger partial charge is 0.394 e. The topological polar surface area (TPSA) is 110 Å². The first-order chi connectivity index (χ1) is 8.06. The molecule has 0 radical (unpaired) electrons. The second-order valence-corrected chi connectivity index (χ2v) is 3.51. The summed E-state index contributed by atoms with van der Waals surface area (Å²) < 4.78 is 1.18. The molecule has 0 aliphatic heterocycles. The summed E-state index contributed by atoms with van der Waals surface area (Å²) in [4.78, 5) is 21.3. The summed E-state index contributed by atoms with van der Waals surface area (Å²) in [5.41, 5.74) is -0.160. The molecule has 8 nitrogen and oxygen atoms in total. The van der Waals surface area contributed by atoms with Crippen LogP contribution in [0.15, 0.2) is 12.4 Å². The van der Waals surface area contributed by atoms with Gasteiger partial charge in [0.15, 0.2) is 0 Å². The molecule has 94 valence electrons. The Labute approximate surface area is 97.4 Å². The average Bonchev–Trinajstić information content (AvgIpc) is 2.74. The van der Waals surface area contributed by atoms with Gasteiger partial charge in [0.25, 0.3) is 0 Å². The van der Waals surface area contributed by atoms with E-state index in [-0.39, 0.29) is 30.8 Å². The number of hydrogen-bond donors (Lipinski definition) is 2. The maximum absolute atomic E-state index is 11.5. The minimum absolute atomic E-state index is 0.107. The molecule has 1 atom stereocenters. The fraction of sp³-hybridized carbons (Fsp3) is 0.556. The number of nitrogens with one attached hydrogen (secondary N) is 1. The van der Waals surface area contributed by atoms with Gasteiger partial charge in [-0.25, -0.2) is 0 Å². The predicted molar refractivity (Wildman–Crippen MR) is 58.2 cm³/mol. The van der Waals surface area contributed by atoms with E-state index in [2.05, 4.69) is 10.4 Å². The van der Waals surface area contributed by atoms with Gasteiger partial charge in [0.05, 0.1) is 17.6 Å². The van der Waals surface area contributed by atoms with Crippen molar-refractivity contribution < 1.29 is 14.8 Å². The summed E-state index contributed by atoms with van der Waals surface area (Å²) in [6.45, 7) is 1.59. The van der Waals surface area contributed by atoms with Crippen molar-refractivity contribution in [1.82, 2.24) is 15.1 Å². The SMILES string of the molecule is CC[C@H](CO)NC(=O)Cn1cc([N+](=O)[O-])cn1. The lowest BCUT2D eigenvalue weighted by molar-refractivity contribution is -0.385. The molecule has 0 saturated heterocycles. The number of aliphatic hydroxyl groups is 1. The van der Waals surface area contributed by atoms with Crippen molar-refractivity contribution >= 4 is 11.6 Å². The van der Waals surface area contributed by atoms with Crippen molar-refractivity contribution in [2.45, 2.75) is 25.9 Å². The molecule has 1 rings (SSSR count). The van der Waals surface area contributed by atoms with Crippen molar-refractivity contribution in [2.24, 2.45) is 0 Å². The average molecular weight is 242 g/mol. The Morgan fingerprint density at radius 3 is 2.94 bits per heavy atom. The molecule has 1 aromatic heterocycles. The molecule has 0 fully saturated rings. The number of carbonyl (C=O) groups excluding carboxylic acids is 1. The highest BCUT2D eigenvalue weighted by molar-refractivity contribution is 5.76. The number of nitro groups is 1. The molecule has 1 aromatic rings. The maximum Gasteiger partial charge on any atom is 0.307 e. The zero-order chi connectivity index (χ0) is 12.8. The van der Waals surface area contributed by atoms with Crippen LogP contribution in [0.25, 0.3) is 0 Å². The molecular weight excluding hydrogens is 228 g/mol. The van der Waals surface area contributed by atoms with Crippen molar-refractivity contribution in [1.29, 1.82) is 0 Å². The van der Waals surface area contributed by atoms with Gasteiger partial charge in [0.1, 0.15) is 18.9 Å². The molecule has 0 aromatic carbocycles. The monoisotopic (exact) mass is 242 g/mol. The van der Waals surface area contributed by atoms with Gasteiger partial charge in [0.2, 0.25) is 5.91 Å². The quantitative estimate of drug-likeness (QED) is 0.524. The Bertz CT molecular complexity index is 399. The Morgan fingerprint density at radius 2 is 2.47 bits per heavy atom. The molecule has 0 unspecified atom stereocenters. The molecule has 0 aliphatic rings. The molecule has 17 heavy (non-hydrogen) atoms. The summed E-state index contributed by atoms with van der Waals surface area (Å²) >= 11 is 0.